The van der Waals surface area contributed by atoms with Crippen molar-refractivity contribution in [1.29, 1.82) is 0 Å². The molecule has 0 aromatic rings. The van der Waals surface area contributed by atoms with Crippen molar-refractivity contribution < 1.29 is 13.6 Å². The molecule has 0 rings (SSSR count). The molecule has 0 saturated heterocycles. The number of unbranched alkanes of at least 4 members (excludes halogenated alkanes) is 15. The molecular formula is C23H51N2O3P. The summed E-state index contributed by atoms with van der Waals surface area (Å²) in [6, 6.07) is 0. The van der Waals surface area contributed by atoms with Crippen LogP contribution in [-0.4, -0.2) is 33.4 Å². The normalized spacial score (nSPS) is 13.6. The van der Waals surface area contributed by atoms with Crippen LogP contribution in [0.2, 0.25) is 0 Å². The lowest BCUT2D eigenvalue weighted by Crippen LogP contribution is -2.20. The van der Waals surface area contributed by atoms with Gasteiger partial charge in [0.25, 0.3) is 0 Å². The number of hydrogen-bond acceptors (Lipinski definition) is 4. The van der Waals surface area contributed by atoms with Crippen LogP contribution in [0.25, 0.3) is 0 Å². The highest BCUT2D eigenvalue weighted by Gasteiger charge is 2.22. The van der Waals surface area contributed by atoms with E-state index >= 15 is 0 Å². The number of likely N-dealkylation sites (N-methyl/N-ethyl adjacent to an activating group) is 1. The monoisotopic (exact) mass is 434 g/mol. The molecule has 0 aromatic carbocycles. The van der Waals surface area contributed by atoms with Crippen molar-refractivity contribution in [3.8, 4) is 0 Å². The van der Waals surface area contributed by atoms with E-state index in [1.165, 1.54) is 96.3 Å². The Labute approximate surface area is 182 Å². The smallest absolute Gasteiger partial charge is 0.317 e. The standard InChI is InChI=1S/C23H51N2O3P/c1-4-6-7-8-9-10-11-12-13-14-15-16-17-18-19-20-21-25-29(26,27-5-2)28-23-22-24-3/h24H,4-23H2,1-3H3,(H,25,26). The van der Waals surface area contributed by atoms with Crippen LogP contribution in [0, 0.1) is 0 Å². The van der Waals surface area contributed by atoms with E-state index < -0.39 is 7.75 Å². The van der Waals surface area contributed by atoms with Gasteiger partial charge in [-0.05, 0) is 20.4 Å². The Balaban J connectivity index is 3.36. The van der Waals surface area contributed by atoms with Crippen molar-refractivity contribution in [1.82, 2.24) is 10.4 Å². The van der Waals surface area contributed by atoms with Gasteiger partial charge in [0.2, 0.25) is 0 Å². The maximum atomic E-state index is 12.5. The maximum absolute atomic E-state index is 12.5. The van der Waals surface area contributed by atoms with Crippen molar-refractivity contribution in [2.75, 3.05) is 33.4 Å². The molecule has 0 bridgehead atoms. The first kappa shape index (κ1) is 29.1. The van der Waals surface area contributed by atoms with Crippen LogP contribution in [0.5, 0.6) is 0 Å². The molecule has 0 heterocycles. The molecule has 0 amide bonds. The minimum absolute atomic E-state index is 0.389. The Morgan fingerprint density at radius 3 is 1.48 bits per heavy atom. The van der Waals surface area contributed by atoms with Gasteiger partial charge in [-0.3, -0.25) is 9.05 Å². The van der Waals surface area contributed by atoms with Crippen molar-refractivity contribution in [3.63, 3.8) is 0 Å². The lowest BCUT2D eigenvalue weighted by molar-refractivity contribution is 0.204. The van der Waals surface area contributed by atoms with Crippen LogP contribution in [0.15, 0.2) is 0 Å². The molecule has 0 aliphatic heterocycles. The van der Waals surface area contributed by atoms with E-state index in [-0.39, 0.29) is 0 Å². The summed E-state index contributed by atoms with van der Waals surface area (Å²) in [5, 5.41) is 5.97. The van der Waals surface area contributed by atoms with Crippen molar-refractivity contribution in [3.05, 3.63) is 0 Å². The first-order valence-corrected chi connectivity index (χ1v) is 14.0. The second-order valence-electron chi connectivity index (χ2n) is 8.06. The van der Waals surface area contributed by atoms with Gasteiger partial charge in [-0.1, -0.05) is 103 Å². The lowest BCUT2D eigenvalue weighted by Gasteiger charge is -2.18. The van der Waals surface area contributed by atoms with Crippen LogP contribution in [0.3, 0.4) is 0 Å². The Morgan fingerprint density at radius 1 is 0.621 bits per heavy atom. The molecule has 0 radical (unpaired) electrons. The van der Waals surface area contributed by atoms with Gasteiger partial charge in [-0.25, -0.2) is 9.65 Å². The van der Waals surface area contributed by atoms with E-state index in [0.29, 0.717) is 26.3 Å². The molecule has 0 aliphatic rings. The Hall–Kier alpha value is 0.0700. The summed E-state index contributed by atoms with van der Waals surface area (Å²) >= 11 is 0. The molecular weight excluding hydrogens is 383 g/mol. The quantitative estimate of drug-likeness (QED) is 0.124. The maximum Gasteiger partial charge on any atom is 0.405 e. The first-order chi connectivity index (χ1) is 14.2. The van der Waals surface area contributed by atoms with Gasteiger partial charge in [0.15, 0.2) is 0 Å². The van der Waals surface area contributed by atoms with Gasteiger partial charge in [-0.2, -0.15) is 0 Å². The highest BCUT2D eigenvalue weighted by atomic mass is 31.2. The zero-order chi connectivity index (χ0) is 21.5. The van der Waals surface area contributed by atoms with E-state index in [2.05, 4.69) is 17.3 Å². The van der Waals surface area contributed by atoms with E-state index in [1.54, 1.807) is 0 Å². The molecule has 0 aromatic heterocycles. The Bertz CT molecular complexity index is 370. The zero-order valence-corrected chi connectivity index (χ0v) is 20.7. The second-order valence-corrected chi connectivity index (χ2v) is 9.89. The van der Waals surface area contributed by atoms with Gasteiger partial charge >= 0.3 is 7.75 Å². The van der Waals surface area contributed by atoms with Crippen molar-refractivity contribution in [2.24, 2.45) is 0 Å². The van der Waals surface area contributed by atoms with Crippen LogP contribution in [0.4, 0.5) is 0 Å². The first-order valence-electron chi connectivity index (χ1n) is 12.5. The topological polar surface area (TPSA) is 59.6 Å². The molecule has 2 N–H and O–H groups in total. The fourth-order valence-electron chi connectivity index (χ4n) is 3.46. The van der Waals surface area contributed by atoms with E-state index in [0.717, 1.165) is 6.42 Å². The number of rotatable bonds is 24. The van der Waals surface area contributed by atoms with Gasteiger partial charge in [-0.15, -0.1) is 0 Å². The molecule has 0 spiro atoms. The van der Waals surface area contributed by atoms with Gasteiger partial charge in [0.1, 0.15) is 0 Å². The fourth-order valence-corrected chi connectivity index (χ4v) is 4.82. The van der Waals surface area contributed by atoms with Gasteiger partial charge in [0, 0.05) is 13.1 Å². The van der Waals surface area contributed by atoms with Crippen LogP contribution < -0.4 is 10.4 Å². The lowest BCUT2D eigenvalue weighted by atomic mass is 10.0. The molecule has 176 valence electrons. The second kappa shape index (κ2) is 22.7. The highest BCUT2D eigenvalue weighted by Crippen LogP contribution is 2.43. The van der Waals surface area contributed by atoms with Gasteiger partial charge in [0.05, 0.1) is 13.2 Å². The van der Waals surface area contributed by atoms with Crippen LogP contribution >= 0.6 is 7.75 Å². The summed E-state index contributed by atoms with van der Waals surface area (Å²) in [7, 11) is -1.28. The van der Waals surface area contributed by atoms with Crippen LogP contribution in [0.1, 0.15) is 117 Å². The summed E-state index contributed by atoms with van der Waals surface area (Å²) in [6.07, 6.45) is 21.7. The molecule has 5 nitrogen and oxygen atoms in total. The molecule has 1 atom stereocenters. The summed E-state index contributed by atoms with van der Waals surface area (Å²) in [6.45, 7) is 6.25. The minimum Gasteiger partial charge on any atom is -0.317 e. The Kier molecular flexibility index (Phi) is 22.8. The predicted octanol–water partition coefficient (Wildman–Crippen LogP) is 7.22. The predicted molar refractivity (Wildman–Crippen MR) is 127 cm³/mol. The number of hydrogen-bond donors (Lipinski definition) is 2. The van der Waals surface area contributed by atoms with E-state index in [9.17, 15) is 4.57 Å². The third-order valence-electron chi connectivity index (χ3n) is 5.25. The third kappa shape index (κ3) is 21.1. The third-order valence-corrected chi connectivity index (χ3v) is 6.98. The largest absolute Gasteiger partial charge is 0.405 e. The minimum atomic E-state index is -3.13. The summed E-state index contributed by atoms with van der Waals surface area (Å²) in [5.74, 6) is 0. The van der Waals surface area contributed by atoms with Gasteiger partial charge < -0.3 is 5.32 Å². The molecule has 6 heteroatoms. The molecule has 1 unspecified atom stereocenters. The van der Waals surface area contributed by atoms with Crippen LogP contribution in [-0.2, 0) is 13.6 Å². The Morgan fingerprint density at radius 2 is 1.07 bits per heavy atom. The fraction of sp³-hybridized carbons (Fsp3) is 1.00. The zero-order valence-electron chi connectivity index (χ0n) is 19.8. The average Bonchev–Trinajstić information content (AvgIpc) is 2.71. The molecule has 0 aliphatic carbocycles. The van der Waals surface area contributed by atoms with E-state index in [1.807, 2.05) is 14.0 Å². The number of nitrogens with one attached hydrogen (secondary N) is 2. The van der Waals surface area contributed by atoms with Crippen molar-refractivity contribution >= 4 is 7.75 Å². The molecule has 29 heavy (non-hydrogen) atoms. The highest BCUT2D eigenvalue weighted by molar-refractivity contribution is 7.51. The van der Waals surface area contributed by atoms with Crippen molar-refractivity contribution in [2.45, 2.75) is 117 Å². The average molecular weight is 435 g/mol. The SMILES string of the molecule is CCCCCCCCCCCCCCCCCCNP(=O)(OCC)OCCNC. The molecule has 0 fully saturated rings. The molecule has 0 saturated carbocycles. The summed E-state index contributed by atoms with van der Waals surface area (Å²) in [5.41, 5.74) is 0. The van der Waals surface area contributed by atoms with E-state index in [4.69, 9.17) is 9.05 Å². The summed E-state index contributed by atoms with van der Waals surface area (Å²) < 4.78 is 23.2. The summed E-state index contributed by atoms with van der Waals surface area (Å²) in [4.78, 5) is 0.